The largest absolute Gasteiger partial charge is 0.450 e. The third kappa shape index (κ3) is 7.47. The summed E-state index contributed by atoms with van der Waals surface area (Å²) in [5, 5.41) is 10.1. The normalized spacial score (nSPS) is 14.3. The van der Waals surface area contributed by atoms with Crippen molar-refractivity contribution in [3.63, 3.8) is 0 Å². The van der Waals surface area contributed by atoms with Crippen LogP contribution in [0.5, 0.6) is 11.5 Å². The first-order valence-corrected chi connectivity index (χ1v) is 18.7. The highest BCUT2D eigenvalue weighted by molar-refractivity contribution is 6.76. The average Bonchev–Trinajstić information content (AvgIpc) is 3.30. The number of rotatable bonds is 13. The quantitative estimate of drug-likeness (QED) is 0.110. The van der Waals surface area contributed by atoms with E-state index < -0.39 is 31.3 Å². The highest BCUT2D eigenvalue weighted by Crippen LogP contribution is 2.41. The fraction of sp³-hybridized carbons (Fsp3) is 0.382. The Hall–Kier alpha value is -3.98. The molecule has 1 atom stereocenters. The number of carbonyl (C=O) groups is 1. The van der Waals surface area contributed by atoms with E-state index in [1.807, 2.05) is 13.0 Å². The number of nitriles is 1. The minimum absolute atomic E-state index is 0.0576. The Morgan fingerprint density at radius 2 is 1.87 bits per heavy atom. The molecule has 0 saturated carbocycles. The second-order valence-corrected chi connectivity index (χ2v) is 18.4. The van der Waals surface area contributed by atoms with Crippen LogP contribution in [-0.4, -0.2) is 43.2 Å². The standard InChI is InChI=1S/C34H36F3N3O4Si/c1-21(23-18-43-19-23)12-24(41)13-22-14-29(36)33(30(37)15-22)44-31-8-9-39-34-32(31)27(25-6-5-7-28(35)26(25)16-38)17-40(34)20-42-10-11-45(2,3)4/h5-9,14-15,17,21,23H,10-13,18-20H2,1-4H3. The van der Waals surface area contributed by atoms with Gasteiger partial charge in [0.2, 0.25) is 0 Å². The van der Waals surface area contributed by atoms with E-state index in [9.17, 15) is 14.4 Å². The van der Waals surface area contributed by atoms with Crippen LogP contribution >= 0.6 is 0 Å². The fourth-order valence-corrected chi connectivity index (χ4v) is 6.06. The third-order valence-electron chi connectivity index (χ3n) is 8.05. The Bertz CT molecular complexity index is 1740. The van der Waals surface area contributed by atoms with Crippen molar-refractivity contribution in [2.45, 2.75) is 52.2 Å². The molecule has 1 unspecified atom stereocenters. The molecule has 11 heteroatoms. The van der Waals surface area contributed by atoms with Crippen molar-refractivity contribution < 1.29 is 32.2 Å². The van der Waals surface area contributed by atoms with Crippen molar-refractivity contribution in [2.24, 2.45) is 11.8 Å². The van der Waals surface area contributed by atoms with E-state index in [0.717, 1.165) is 18.2 Å². The molecule has 45 heavy (non-hydrogen) atoms. The molecule has 7 nitrogen and oxygen atoms in total. The first-order valence-electron chi connectivity index (χ1n) is 14.9. The van der Waals surface area contributed by atoms with Crippen LogP contribution in [0.25, 0.3) is 22.2 Å². The highest BCUT2D eigenvalue weighted by atomic mass is 28.3. The second kappa shape index (κ2) is 13.6. The minimum atomic E-state index is -1.34. The number of hydrogen-bond acceptors (Lipinski definition) is 6. The molecule has 3 heterocycles. The Balaban J connectivity index is 1.47. The summed E-state index contributed by atoms with van der Waals surface area (Å²) in [5.74, 6) is -2.89. The number of carbonyl (C=O) groups excluding carboxylic acids is 1. The summed E-state index contributed by atoms with van der Waals surface area (Å²) in [6.07, 6.45) is 3.31. The van der Waals surface area contributed by atoms with Crippen molar-refractivity contribution in [3.8, 4) is 28.7 Å². The van der Waals surface area contributed by atoms with Gasteiger partial charge in [0, 0.05) is 57.0 Å². The van der Waals surface area contributed by atoms with Crippen molar-refractivity contribution in [1.82, 2.24) is 9.55 Å². The molecular weight excluding hydrogens is 599 g/mol. The van der Waals surface area contributed by atoms with Gasteiger partial charge in [0.15, 0.2) is 17.4 Å². The van der Waals surface area contributed by atoms with Crippen LogP contribution in [0.3, 0.4) is 0 Å². The maximum atomic E-state index is 15.4. The summed E-state index contributed by atoms with van der Waals surface area (Å²) in [7, 11) is -1.34. The highest BCUT2D eigenvalue weighted by Gasteiger charge is 2.27. The van der Waals surface area contributed by atoms with Crippen LogP contribution < -0.4 is 4.74 Å². The molecule has 5 rings (SSSR count). The molecule has 4 aromatic rings. The number of pyridine rings is 1. The lowest BCUT2D eigenvalue weighted by Gasteiger charge is -2.31. The molecule has 0 N–H and O–H groups in total. The van der Waals surface area contributed by atoms with Gasteiger partial charge >= 0.3 is 0 Å². The summed E-state index contributed by atoms with van der Waals surface area (Å²) >= 11 is 0. The van der Waals surface area contributed by atoms with Gasteiger partial charge in [-0.25, -0.2) is 18.2 Å². The molecule has 0 amide bonds. The van der Waals surface area contributed by atoms with Crippen molar-refractivity contribution in [1.29, 1.82) is 5.26 Å². The summed E-state index contributed by atoms with van der Waals surface area (Å²) in [5.41, 5.74) is 1.07. The number of benzene rings is 2. The third-order valence-corrected chi connectivity index (χ3v) is 9.76. The monoisotopic (exact) mass is 635 g/mol. The molecule has 0 bridgehead atoms. The second-order valence-electron chi connectivity index (χ2n) is 12.8. The fourth-order valence-electron chi connectivity index (χ4n) is 5.31. The lowest BCUT2D eigenvalue weighted by Crippen LogP contribution is -2.34. The SMILES string of the molecule is CC(CC(=O)Cc1cc(F)c(Oc2ccnc3c2c(-c2cccc(F)c2C#N)cn3COCC[Si](C)(C)C)c(F)c1)C1COC1. The van der Waals surface area contributed by atoms with Crippen LogP contribution in [0.15, 0.2) is 48.8 Å². The number of nitrogens with zero attached hydrogens (tertiary/aromatic N) is 3. The van der Waals surface area contributed by atoms with Crippen molar-refractivity contribution in [2.75, 3.05) is 19.8 Å². The minimum Gasteiger partial charge on any atom is -0.450 e. The van der Waals surface area contributed by atoms with E-state index in [4.69, 9.17) is 14.2 Å². The van der Waals surface area contributed by atoms with Gasteiger partial charge in [-0.2, -0.15) is 5.26 Å². The molecule has 1 aliphatic rings. The van der Waals surface area contributed by atoms with Gasteiger partial charge in [-0.05, 0) is 41.8 Å². The van der Waals surface area contributed by atoms with E-state index in [2.05, 4.69) is 24.6 Å². The zero-order valence-electron chi connectivity index (χ0n) is 25.8. The van der Waals surface area contributed by atoms with Crippen LogP contribution in [0.2, 0.25) is 25.7 Å². The van der Waals surface area contributed by atoms with Crippen LogP contribution in [0.1, 0.15) is 24.5 Å². The first kappa shape index (κ1) is 32.4. The predicted molar refractivity (Wildman–Crippen MR) is 167 cm³/mol. The maximum Gasteiger partial charge on any atom is 0.198 e. The lowest BCUT2D eigenvalue weighted by atomic mass is 9.87. The number of fused-ring (bicyclic) bond motifs is 1. The summed E-state index contributed by atoms with van der Waals surface area (Å²) in [6, 6.07) is 10.8. The Kier molecular flexibility index (Phi) is 9.77. The van der Waals surface area contributed by atoms with Crippen LogP contribution in [0.4, 0.5) is 13.2 Å². The summed E-state index contributed by atoms with van der Waals surface area (Å²) in [4.78, 5) is 17.1. The van der Waals surface area contributed by atoms with E-state index in [1.54, 1.807) is 16.8 Å². The van der Waals surface area contributed by atoms with Crippen LogP contribution in [-0.2, 0) is 27.4 Å². The Morgan fingerprint density at radius 1 is 1.13 bits per heavy atom. The van der Waals surface area contributed by atoms with Gasteiger partial charge in [-0.15, -0.1) is 0 Å². The number of halogens is 3. The Morgan fingerprint density at radius 3 is 2.51 bits per heavy atom. The average molecular weight is 636 g/mol. The number of hydrogen-bond donors (Lipinski definition) is 0. The molecule has 2 aromatic carbocycles. The summed E-state index contributed by atoms with van der Waals surface area (Å²) < 4.78 is 64.2. The smallest absolute Gasteiger partial charge is 0.198 e. The molecule has 1 aliphatic heterocycles. The molecule has 0 spiro atoms. The van der Waals surface area contributed by atoms with Crippen molar-refractivity contribution >= 4 is 24.9 Å². The van der Waals surface area contributed by atoms with Gasteiger partial charge in [0.25, 0.3) is 0 Å². The van der Waals surface area contributed by atoms with Gasteiger partial charge in [0.05, 0.1) is 24.2 Å². The maximum absolute atomic E-state index is 15.4. The zero-order chi connectivity index (χ0) is 32.3. The predicted octanol–water partition coefficient (Wildman–Crippen LogP) is 7.88. The number of aromatic nitrogens is 2. The van der Waals surface area contributed by atoms with E-state index >= 15 is 8.78 Å². The molecule has 0 aliphatic carbocycles. The van der Waals surface area contributed by atoms with E-state index in [-0.39, 0.29) is 47.3 Å². The number of ether oxygens (including phenoxy) is 3. The summed E-state index contributed by atoms with van der Waals surface area (Å²) in [6.45, 7) is 10.6. The van der Waals surface area contributed by atoms with Crippen molar-refractivity contribution in [3.05, 3.63) is 77.4 Å². The number of Topliss-reactive ketones (excluding diaryl/α,β-unsaturated/α-hetero) is 1. The van der Waals surface area contributed by atoms with Gasteiger partial charge in [-0.1, -0.05) is 38.7 Å². The van der Waals surface area contributed by atoms with E-state index in [1.165, 1.54) is 24.4 Å². The van der Waals surface area contributed by atoms with Gasteiger partial charge < -0.3 is 18.8 Å². The zero-order valence-corrected chi connectivity index (χ0v) is 26.8. The molecule has 2 aromatic heterocycles. The van der Waals surface area contributed by atoms with Gasteiger partial charge in [-0.3, -0.25) is 4.79 Å². The first-order chi connectivity index (χ1) is 21.4. The molecule has 1 saturated heterocycles. The van der Waals surface area contributed by atoms with Gasteiger partial charge in [0.1, 0.15) is 35.8 Å². The topological polar surface area (TPSA) is 86.4 Å². The van der Waals surface area contributed by atoms with Crippen LogP contribution in [0, 0.1) is 40.6 Å². The molecule has 236 valence electrons. The molecule has 0 radical (unpaired) electrons. The van der Waals surface area contributed by atoms with E-state index in [0.29, 0.717) is 48.8 Å². The Labute approximate surface area is 261 Å². The molecular formula is C34H36F3N3O4Si. The molecule has 1 fully saturated rings. The number of ketones is 1. The lowest BCUT2D eigenvalue weighted by molar-refractivity contribution is -0.121.